The third-order valence-corrected chi connectivity index (χ3v) is 3.43. The van der Waals surface area contributed by atoms with E-state index in [0.29, 0.717) is 0 Å². The van der Waals surface area contributed by atoms with Gasteiger partial charge in [0.1, 0.15) is 24.4 Å². The summed E-state index contributed by atoms with van der Waals surface area (Å²) in [5.41, 5.74) is 1.18. The summed E-state index contributed by atoms with van der Waals surface area (Å²) >= 11 is 3.40. The zero-order valence-electron chi connectivity index (χ0n) is 11.5. The van der Waals surface area contributed by atoms with E-state index in [0.717, 1.165) is 4.47 Å². The van der Waals surface area contributed by atoms with Crippen molar-refractivity contribution in [2.75, 3.05) is 6.61 Å². The van der Waals surface area contributed by atoms with Crippen LogP contribution in [0.3, 0.4) is 0 Å². The van der Waals surface area contributed by atoms with Gasteiger partial charge in [-0.25, -0.2) is 0 Å². The van der Waals surface area contributed by atoms with Crippen LogP contribution in [-0.4, -0.2) is 67.8 Å². The zero-order valence-corrected chi connectivity index (χ0v) is 13.1. The van der Waals surface area contributed by atoms with Gasteiger partial charge in [0.15, 0.2) is 6.29 Å². The summed E-state index contributed by atoms with van der Waals surface area (Å²) in [7, 11) is 0. The molecule has 0 radical (unpaired) electrons. The van der Waals surface area contributed by atoms with Crippen molar-refractivity contribution in [3.8, 4) is 0 Å². The topological polar surface area (TPSA) is 134 Å². The second-order valence-electron chi connectivity index (χ2n) is 4.57. The summed E-state index contributed by atoms with van der Waals surface area (Å²) in [5.74, 6) is 0. The van der Waals surface area contributed by atoms with Crippen molar-refractivity contribution in [1.82, 2.24) is 4.98 Å². The second-order valence-corrected chi connectivity index (χ2v) is 5.48. The van der Waals surface area contributed by atoms with Crippen LogP contribution in [0.4, 0.5) is 0 Å². The van der Waals surface area contributed by atoms with Crippen LogP contribution in [0.15, 0.2) is 34.9 Å². The Kier molecular flexibility index (Phi) is 7.66. The smallest absolute Gasteiger partial charge is 0.151 e. The molecule has 0 aliphatic heterocycles. The third-order valence-electron chi connectivity index (χ3n) is 2.94. The predicted molar refractivity (Wildman–Crippen MR) is 83.2 cm³/mol. The molecule has 1 aromatic carbocycles. The van der Waals surface area contributed by atoms with Crippen molar-refractivity contribution < 1.29 is 30.3 Å². The highest BCUT2D eigenvalue weighted by molar-refractivity contribution is 9.10. The summed E-state index contributed by atoms with van der Waals surface area (Å²) in [6.45, 7) is -0.760. The minimum Gasteiger partial charge on any atom is -0.394 e. The number of aromatic amines is 1. The lowest BCUT2D eigenvalue weighted by Crippen LogP contribution is -2.46. The van der Waals surface area contributed by atoms with Gasteiger partial charge in [-0.05, 0) is 24.3 Å². The molecule has 7 nitrogen and oxygen atoms in total. The van der Waals surface area contributed by atoms with Crippen LogP contribution in [0.2, 0.25) is 0 Å². The molecule has 0 saturated heterocycles. The van der Waals surface area contributed by atoms with Crippen LogP contribution in [0.1, 0.15) is 0 Å². The summed E-state index contributed by atoms with van der Waals surface area (Å²) in [6, 6.07) is 8.23. The standard InChI is InChI=1S/C8H6BrN.C6H12O6/c9-7-1-2-8-6(5-7)3-4-10-8;7-1-3(9)5(11)6(12)4(10)2-8/h1-5,10H;1,3-6,8-12H,2H2/t;3-,4+,5+,6+/m.0/s1. The van der Waals surface area contributed by atoms with E-state index in [1.54, 1.807) is 0 Å². The van der Waals surface area contributed by atoms with Gasteiger partial charge in [-0.1, -0.05) is 15.9 Å². The van der Waals surface area contributed by atoms with Gasteiger partial charge >= 0.3 is 0 Å². The highest BCUT2D eigenvalue weighted by Crippen LogP contribution is 2.17. The third kappa shape index (κ3) is 5.16. The number of hydrogen-bond donors (Lipinski definition) is 6. The fourth-order valence-corrected chi connectivity index (χ4v) is 2.02. The van der Waals surface area contributed by atoms with E-state index in [1.165, 1.54) is 10.9 Å². The van der Waals surface area contributed by atoms with E-state index in [2.05, 4.69) is 39.1 Å². The molecule has 0 bridgehead atoms. The van der Waals surface area contributed by atoms with Gasteiger partial charge in [-0.2, -0.15) is 0 Å². The molecule has 0 amide bonds. The molecule has 8 heteroatoms. The number of benzene rings is 1. The molecule has 0 fully saturated rings. The molecule has 122 valence electrons. The highest BCUT2D eigenvalue weighted by atomic mass is 79.9. The normalized spacial score (nSPS) is 16.3. The summed E-state index contributed by atoms with van der Waals surface area (Å²) < 4.78 is 1.12. The maximum Gasteiger partial charge on any atom is 0.151 e. The molecule has 1 heterocycles. The van der Waals surface area contributed by atoms with E-state index >= 15 is 0 Å². The number of carbonyl (C=O) groups is 1. The number of hydrogen-bond acceptors (Lipinski definition) is 6. The summed E-state index contributed by atoms with van der Waals surface area (Å²) in [6.07, 6.45) is -4.90. The maximum atomic E-state index is 9.90. The second kappa shape index (κ2) is 8.99. The van der Waals surface area contributed by atoms with Gasteiger partial charge in [-0.3, -0.25) is 0 Å². The Morgan fingerprint density at radius 1 is 1.14 bits per heavy atom. The molecule has 1 aromatic heterocycles. The van der Waals surface area contributed by atoms with Crippen molar-refractivity contribution in [2.45, 2.75) is 24.4 Å². The SMILES string of the molecule is Brc1ccc2[nH]ccc2c1.O=C[C@H](O)[C@@H](O)[C@H](O)[C@H](O)CO. The molecule has 22 heavy (non-hydrogen) atoms. The molecule has 2 rings (SSSR count). The highest BCUT2D eigenvalue weighted by Gasteiger charge is 2.29. The Hall–Kier alpha value is -1.29. The molecular formula is C14H18BrNO6. The number of aliphatic hydroxyl groups excluding tert-OH is 5. The van der Waals surface area contributed by atoms with Gasteiger partial charge in [0.2, 0.25) is 0 Å². The first-order valence-electron chi connectivity index (χ1n) is 6.41. The number of halogens is 1. The van der Waals surface area contributed by atoms with Crippen LogP contribution >= 0.6 is 15.9 Å². The fraction of sp³-hybridized carbons (Fsp3) is 0.357. The molecule has 0 aliphatic rings. The van der Waals surface area contributed by atoms with E-state index < -0.39 is 31.0 Å². The molecule has 2 aromatic rings. The lowest BCUT2D eigenvalue weighted by Gasteiger charge is -2.22. The van der Waals surface area contributed by atoms with Gasteiger partial charge in [-0.15, -0.1) is 0 Å². The van der Waals surface area contributed by atoms with Crippen LogP contribution in [0, 0.1) is 0 Å². The lowest BCUT2D eigenvalue weighted by atomic mass is 10.0. The number of aromatic nitrogens is 1. The molecule has 0 unspecified atom stereocenters. The van der Waals surface area contributed by atoms with Crippen LogP contribution in [0.25, 0.3) is 10.9 Å². The summed E-state index contributed by atoms with van der Waals surface area (Å²) in [4.78, 5) is 13.0. The molecule has 4 atom stereocenters. The molecule has 0 saturated carbocycles. The Labute approximate surface area is 135 Å². The number of H-pyrrole nitrogens is 1. The number of nitrogens with one attached hydrogen (secondary N) is 1. The minimum absolute atomic E-state index is 0.0258. The maximum absolute atomic E-state index is 9.90. The fourth-order valence-electron chi connectivity index (χ4n) is 1.64. The molecule has 0 aliphatic carbocycles. The Morgan fingerprint density at radius 2 is 1.82 bits per heavy atom. The van der Waals surface area contributed by atoms with E-state index in [1.807, 2.05) is 12.3 Å². The Bertz CT molecular complexity index is 589. The predicted octanol–water partition coefficient (Wildman–Crippen LogP) is -0.448. The number of aliphatic hydroxyl groups is 5. The Balaban J connectivity index is 0.000000222. The van der Waals surface area contributed by atoms with Crippen molar-refractivity contribution >= 4 is 33.1 Å². The average Bonchev–Trinajstić information content (AvgIpc) is 2.99. The van der Waals surface area contributed by atoms with Crippen LogP contribution in [0.5, 0.6) is 0 Å². The van der Waals surface area contributed by atoms with Crippen molar-refractivity contribution in [2.24, 2.45) is 0 Å². The van der Waals surface area contributed by atoms with Gasteiger partial charge < -0.3 is 35.3 Å². The molecule has 0 spiro atoms. The molecular weight excluding hydrogens is 358 g/mol. The van der Waals surface area contributed by atoms with E-state index in [9.17, 15) is 4.79 Å². The molecule has 6 N–H and O–H groups in total. The quantitative estimate of drug-likeness (QED) is 0.392. The number of carbonyl (C=O) groups excluding carboxylic acids is 1. The van der Waals surface area contributed by atoms with Gasteiger partial charge in [0.05, 0.1) is 6.61 Å². The first kappa shape index (κ1) is 18.8. The first-order chi connectivity index (χ1) is 10.4. The van der Waals surface area contributed by atoms with Crippen LogP contribution < -0.4 is 0 Å². The number of rotatable bonds is 5. The van der Waals surface area contributed by atoms with Crippen molar-refractivity contribution in [1.29, 1.82) is 0 Å². The van der Waals surface area contributed by atoms with Gasteiger partial charge in [0.25, 0.3) is 0 Å². The van der Waals surface area contributed by atoms with Crippen LogP contribution in [-0.2, 0) is 4.79 Å². The lowest BCUT2D eigenvalue weighted by molar-refractivity contribution is -0.136. The van der Waals surface area contributed by atoms with Crippen molar-refractivity contribution in [3.05, 3.63) is 34.9 Å². The minimum atomic E-state index is -1.79. The first-order valence-corrected chi connectivity index (χ1v) is 7.21. The van der Waals surface area contributed by atoms with E-state index in [4.69, 9.17) is 25.5 Å². The Morgan fingerprint density at radius 3 is 2.41 bits per heavy atom. The largest absolute Gasteiger partial charge is 0.394 e. The van der Waals surface area contributed by atoms with Gasteiger partial charge in [0, 0.05) is 21.6 Å². The number of aldehydes is 1. The zero-order chi connectivity index (χ0) is 16.7. The van der Waals surface area contributed by atoms with Crippen molar-refractivity contribution in [3.63, 3.8) is 0 Å². The average molecular weight is 376 g/mol. The number of fused-ring (bicyclic) bond motifs is 1. The summed E-state index contributed by atoms with van der Waals surface area (Å²) in [5, 5.41) is 44.8. The monoisotopic (exact) mass is 375 g/mol. The van der Waals surface area contributed by atoms with E-state index in [-0.39, 0.29) is 6.29 Å².